The second-order valence-electron chi connectivity index (χ2n) is 5.34. The summed E-state index contributed by atoms with van der Waals surface area (Å²) in [6.07, 6.45) is 4.72. The number of halogens is 1. The molecule has 0 aliphatic heterocycles. The summed E-state index contributed by atoms with van der Waals surface area (Å²) in [6.45, 7) is 0.869. The van der Waals surface area contributed by atoms with Gasteiger partial charge in [0.15, 0.2) is 0 Å². The first-order valence-corrected chi connectivity index (χ1v) is 6.89. The lowest BCUT2D eigenvalue weighted by atomic mass is 10.1. The average molecular weight is 265 g/mol. The van der Waals surface area contributed by atoms with Gasteiger partial charge in [0, 0.05) is 18.3 Å². The fourth-order valence-corrected chi connectivity index (χ4v) is 2.54. The van der Waals surface area contributed by atoms with Crippen LogP contribution >= 0.6 is 11.6 Å². The Balaban J connectivity index is 1.86. The molecule has 0 unspecified atom stereocenters. The Labute approximate surface area is 112 Å². The van der Waals surface area contributed by atoms with Gasteiger partial charge in [-0.15, -0.1) is 0 Å². The van der Waals surface area contributed by atoms with Gasteiger partial charge < -0.3 is 10.6 Å². The highest BCUT2D eigenvalue weighted by atomic mass is 35.5. The topological polar surface area (TPSA) is 46.3 Å². The molecule has 2 saturated carbocycles. The number of carbonyl (C=O) groups is 1. The molecule has 2 N–H and O–H groups in total. The Morgan fingerprint density at radius 3 is 2.61 bits per heavy atom. The number of carbonyl (C=O) groups excluding carboxylic acids is 1. The molecular formula is C14H17ClN2O. The average Bonchev–Trinajstić information content (AvgIpc) is 3.18. The van der Waals surface area contributed by atoms with Crippen LogP contribution < -0.4 is 5.73 Å². The molecule has 0 atom stereocenters. The van der Waals surface area contributed by atoms with Gasteiger partial charge in [0.2, 0.25) is 0 Å². The van der Waals surface area contributed by atoms with Crippen molar-refractivity contribution in [3.05, 3.63) is 28.8 Å². The summed E-state index contributed by atoms with van der Waals surface area (Å²) in [5.74, 6) is 0.700. The van der Waals surface area contributed by atoms with Gasteiger partial charge in [-0.1, -0.05) is 17.7 Å². The van der Waals surface area contributed by atoms with E-state index in [-0.39, 0.29) is 5.91 Å². The molecule has 0 saturated heterocycles. The molecule has 2 aliphatic rings. The first-order valence-electron chi connectivity index (χ1n) is 6.52. The minimum atomic E-state index is 0.00694. The Hall–Kier alpha value is -1.22. The number of hydrogen-bond donors (Lipinski definition) is 1. The van der Waals surface area contributed by atoms with Crippen LogP contribution in [0.15, 0.2) is 18.2 Å². The highest BCUT2D eigenvalue weighted by molar-refractivity contribution is 6.34. The summed E-state index contributed by atoms with van der Waals surface area (Å²) in [5.41, 5.74) is 6.85. The maximum Gasteiger partial charge on any atom is 0.257 e. The molecule has 0 aromatic heterocycles. The zero-order valence-corrected chi connectivity index (χ0v) is 11.0. The van der Waals surface area contributed by atoms with Gasteiger partial charge in [0.05, 0.1) is 10.6 Å². The van der Waals surface area contributed by atoms with E-state index in [1.54, 1.807) is 18.2 Å². The van der Waals surface area contributed by atoms with Crippen LogP contribution in [-0.2, 0) is 0 Å². The van der Waals surface area contributed by atoms with Crippen molar-refractivity contribution in [3.8, 4) is 0 Å². The lowest BCUT2D eigenvalue weighted by molar-refractivity contribution is 0.0736. The van der Waals surface area contributed by atoms with Crippen LogP contribution in [-0.4, -0.2) is 23.4 Å². The normalized spacial score (nSPS) is 18.7. The summed E-state index contributed by atoms with van der Waals surface area (Å²) in [7, 11) is 0. The highest BCUT2D eigenvalue weighted by Gasteiger charge is 2.37. The fourth-order valence-electron chi connectivity index (χ4n) is 2.27. The van der Waals surface area contributed by atoms with Crippen LogP contribution in [0.25, 0.3) is 0 Å². The first kappa shape index (κ1) is 11.8. The quantitative estimate of drug-likeness (QED) is 0.850. The molecule has 1 aromatic rings. The molecular weight excluding hydrogens is 248 g/mol. The van der Waals surface area contributed by atoms with Crippen molar-refractivity contribution in [1.29, 1.82) is 0 Å². The van der Waals surface area contributed by atoms with Gasteiger partial charge in [-0.25, -0.2) is 0 Å². The molecule has 2 fully saturated rings. The highest BCUT2D eigenvalue weighted by Crippen LogP contribution is 2.37. The molecule has 3 rings (SSSR count). The van der Waals surface area contributed by atoms with Gasteiger partial charge in [-0.3, -0.25) is 4.79 Å². The molecule has 0 heterocycles. The van der Waals surface area contributed by atoms with E-state index in [0.29, 0.717) is 28.2 Å². The number of amides is 1. The second kappa shape index (κ2) is 4.47. The lowest BCUT2D eigenvalue weighted by Gasteiger charge is -2.23. The van der Waals surface area contributed by atoms with Crippen molar-refractivity contribution in [3.63, 3.8) is 0 Å². The number of nitrogen functional groups attached to an aromatic ring is 1. The summed E-state index contributed by atoms with van der Waals surface area (Å²) < 4.78 is 0. The maximum atomic E-state index is 12.6. The van der Waals surface area contributed by atoms with E-state index in [1.807, 2.05) is 4.90 Å². The Bertz CT molecular complexity index is 460. The van der Waals surface area contributed by atoms with Crippen LogP contribution in [0, 0.1) is 5.92 Å². The van der Waals surface area contributed by atoms with Crippen molar-refractivity contribution in [2.45, 2.75) is 31.7 Å². The minimum Gasteiger partial charge on any atom is -0.398 e. The third-order valence-electron chi connectivity index (χ3n) is 3.66. The van der Waals surface area contributed by atoms with Gasteiger partial charge in [-0.2, -0.15) is 0 Å². The predicted octanol–water partition coefficient (Wildman–Crippen LogP) is 2.94. The zero-order chi connectivity index (χ0) is 12.7. The molecule has 1 aromatic carbocycles. The fraction of sp³-hybridized carbons (Fsp3) is 0.500. The predicted molar refractivity (Wildman–Crippen MR) is 72.6 cm³/mol. The number of hydrogen-bond acceptors (Lipinski definition) is 2. The third kappa shape index (κ3) is 2.32. The molecule has 0 spiro atoms. The molecule has 96 valence electrons. The Kier molecular flexibility index (Phi) is 2.94. The molecule has 3 nitrogen and oxygen atoms in total. The van der Waals surface area contributed by atoms with Crippen molar-refractivity contribution in [1.82, 2.24) is 4.90 Å². The largest absolute Gasteiger partial charge is 0.398 e. The van der Waals surface area contributed by atoms with Gasteiger partial charge in [-0.05, 0) is 43.7 Å². The van der Waals surface area contributed by atoms with Gasteiger partial charge in [0.25, 0.3) is 5.91 Å². The number of rotatable bonds is 4. The molecule has 1 amide bonds. The number of anilines is 1. The van der Waals surface area contributed by atoms with Gasteiger partial charge >= 0.3 is 0 Å². The Morgan fingerprint density at radius 2 is 2.06 bits per heavy atom. The van der Waals surface area contributed by atoms with Crippen LogP contribution in [0.3, 0.4) is 0 Å². The van der Waals surface area contributed by atoms with Crippen LogP contribution in [0.5, 0.6) is 0 Å². The smallest absolute Gasteiger partial charge is 0.257 e. The summed E-state index contributed by atoms with van der Waals surface area (Å²) in [5, 5.41) is 0.460. The van der Waals surface area contributed by atoms with Crippen LogP contribution in [0.1, 0.15) is 36.0 Å². The molecule has 4 heteroatoms. The molecule has 2 aliphatic carbocycles. The summed E-state index contributed by atoms with van der Waals surface area (Å²) in [4.78, 5) is 14.6. The first-order chi connectivity index (χ1) is 8.66. The molecule has 0 radical (unpaired) electrons. The number of nitrogens with two attached hydrogens (primary N) is 1. The van der Waals surface area contributed by atoms with Crippen LogP contribution in [0.2, 0.25) is 5.02 Å². The second-order valence-corrected chi connectivity index (χ2v) is 5.74. The Morgan fingerprint density at radius 1 is 1.33 bits per heavy atom. The van der Waals surface area contributed by atoms with Gasteiger partial charge in [0.1, 0.15) is 0 Å². The number of benzene rings is 1. The standard InChI is InChI=1S/C14H17ClN2O/c15-11-2-1-3-12(16)13(11)14(18)17(10-6-7-10)8-9-4-5-9/h1-3,9-10H,4-8,16H2. The van der Waals surface area contributed by atoms with Crippen molar-refractivity contribution < 1.29 is 4.79 Å². The van der Waals surface area contributed by atoms with E-state index in [4.69, 9.17) is 17.3 Å². The zero-order valence-electron chi connectivity index (χ0n) is 10.2. The monoisotopic (exact) mass is 264 g/mol. The third-order valence-corrected chi connectivity index (χ3v) is 3.98. The van der Waals surface area contributed by atoms with E-state index in [9.17, 15) is 4.79 Å². The van der Waals surface area contributed by atoms with E-state index in [0.717, 1.165) is 19.4 Å². The lowest BCUT2D eigenvalue weighted by Crippen LogP contribution is -2.35. The minimum absolute atomic E-state index is 0.00694. The summed E-state index contributed by atoms with van der Waals surface area (Å²) >= 11 is 6.12. The van der Waals surface area contributed by atoms with E-state index in [1.165, 1.54) is 12.8 Å². The SMILES string of the molecule is Nc1cccc(Cl)c1C(=O)N(CC1CC1)C1CC1. The summed E-state index contributed by atoms with van der Waals surface area (Å²) in [6, 6.07) is 5.65. The van der Waals surface area contributed by atoms with Crippen molar-refractivity contribution in [2.24, 2.45) is 5.92 Å². The van der Waals surface area contributed by atoms with Crippen molar-refractivity contribution >= 4 is 23.2 Å². The van der Waals surface area contributed by atoms with E-state index < -0.39 is 0 Å². The maximum absolute atomic E-state index is 12.6. The van der Waals surface area contributed by atoms with Crippen molar-refractivity contribution in [2.75, 3.05) is 12.3 Å². The van der Waals surface area contributed by atoms with E-state index >= 15 is 0 Å². The molecule has 18 heavy (non-hydrogen) atoms. The number of nitrogens with zero attached hydrogens (tertiary/aromatic N) is 1. The van der Waals surface area contributed by atoms with Crippen LogP contribution in [0.4, 0.5) is 5.69 Å². The molecule has 0 bridgehead atoms. The van der Waals surface area contributed by atoms with E-state index in [2.05, 4.69) is 0 Å².